The maximum atomic E-state index is 12.7. The smallest absolute Gasteiger partial charge is 0.276 e. The van der Waals surface area contributed by atoms with Gasteiger partial charge in [-0.15, -0.1) is 0 Å². The van der Waals surface area contributed by atoms with Crippen molar-refractivity contribution in [3.05, 3.63) is 81.1 Å². The monoisotopic (exact) mass is 468 g/mol. The maximum absolute atomic E-state index is 12.7. The summed E-state index contributed by atoms with van der Waals surface area (Å²) in [6.45, 7) is 9.88. The molecule has 0 aliphatic heterocycles. The van der Waals surface area contributed by atoms with Crippen molar-refractivity contribution in [3.8, 4) is 5.75 Å². The number of carbonyl (C=O) groups excluding carboxylic acids is 2. The summed E-state index contributed by atoms with van der Waals surface area (Å²) in [5, 5.41) is 5.10. The Hall–Kier alpha value is -3.32. The Kier molecular flexibility index (Phi) is 7.76. The van der Waals surface area contributed by atoms with E-state index in [1.54, 1.807) is 11.6 Å². The van der Waals surface area contributed by atoms with Gasteiger partial charge in [0.2, 0.25) is 0 Å². The van der Waals surface area contributed by atoms with Crippen molar-refractivity contribution in [1.29, 1.82) is 0 Å². The van der Waals surface area contributed by atoms with Crippen molar-refractivity contribution < 1.29 is 14.3 Å². The summed E-state index contributed by atoms with van der Waals surface area (Å²) < 4.78 is 7.44. The quantitative estimate of drug-likeness (QED) is 0.501. The molecule has 2 N–H and O–H groups in total. The molecule has 8 heteroatoms. The van der Waals surface area contributed by atoms with Crippen LogP contribution in [0.3, 0.4) is 0 Å². The first-order chi connectivity index (χ1) is 15.7. The molecule has 2 amide bonds. The molecule has 7 nitrogen and oxygen atoms in total. The Bertz CT molecular complexity index is 1170. The fourth-order valence-corrected chi connectivity index (χ4v) is 3.77. The predicted molar refractivity (Wildman–Crippen MR) is 129 cm³/mol. The zero-order valence-electron chi connectivity index (χ0n) is 19.5. The molecule has 0 aliphatic carbocycles. The lowest BCUT2D eigenvalue weighted by Gasteiger charge is -2.15. The van der Waals surface area contributed by atoms with Crippen molar-refractivity contribution >= 4 is 23.4 Å². The number of ether oxygens (including phenoxy) is 1. The summed E-state index contributed by atoms with van der Waals surface area (Å²) in [5.41, 5.74) is 9.48. The number of aryl methyl sites for hydroxylation is 2. The number of hydrogen-bond acceptors (Lipinski definition) is 4. The van der Waals surface area contributed by atoms with Gasteiger partial charge >= 0.3 is 0 Å². The van der Waals surface area contributed by atoms with Crippen LogP contribution in [0.4, 0.5) is 0 Å². The van der Waals surface area contributed by atoms with Gasteiger partial charge in [-0.3, -0.25) is 25.1 Å². The molecule has 0 fully saturated rings. The average Bonchev–Trinajstić information content (AvgIpc) is 3.04. The fourth-order valence-electron chi connectivity index (χ4n) is 3.58. The Morgan fingerprint density at radius 1 is 1.09 bits per heavy atom. The normalized spacial score (nSPS) is 10.9. The molecule has 174 valence electrons. The van der Waals surface area contributed by atoms with Crippen LogP contribution < -0.4 is 15.6 Å². The van der Waals surface area contributed by atoms with Crippen molar-refractivity contribution in [2.45, 2.75) is 47.1 Å². The fraction of sp³-hybridized carbons (Fsp3) is 0.320. The van der Waals surface area contributed by atoms with Crippen LogP contribution in [0.25, 0.3) is 0 Å². The van der Waals surface area contributed by atoms with Crippen LogP contribution in [0.5, 0.6) is 5.75 Å². The second-order valence-corrected chi connectivity index (χ2v) is 8.69. The highest BCUT2D eigenvalue weighted by Crippen LogP contribution is 2.27. The van der Waals surface area contributed by atoms with Crippen molar-refractivity contribution in [2.24, 2.45) is 0 Å². The van der Waals surface area contributed by atoms with Gasteiger partial charge in [0, 0.05) is 10.7 Å². The number of aromatic nitrogens is 2. The minimum absolute atomic E-state index is 0.215. The van der Waals surface area contributed by atoms with E-state index in [9.17, 15) is 9.59 Å². The molecule has 0 aliphatic rings. The summed E-state index contributed by atoms with van der Waals surface area (Å²) in [5.74, 6) is 0.0242. The van der Waals surface area contributed by atoms with Crippen molar-refractivity contribution in [2.75, 3.05) is 6.61 Å². The van der Waals surface area contributed by atoms with Crippen LogP contribution in [0.15, 0.2) is 42.5 Å². The van der Waals surface area contributed by atoms with Gasteiger partial charge < -0.3 is 4.74 Å². The van der Waals surface area contributed by atoms with Gasteiger partial charge in [-0.05, 0) is 55.5 Å². The Morgan fingerprint density at radius 3 is 2.52 bits per heavy atom. The van der Waals surface area contributed by atoms with E-state index in [0.29, 0.717) is 34.3 Å². The maximum Gasteiger partial charge on any atom is 0.276 e. The molecule has 0 bridgehead atoms. The third-order valence-corrected chi connectivity index (χ3v) is 5.72. The van der Waals surface area contributed by atoms with E-state index >= 15 is 0 Å². The summed E-state index contributed by atoms with van der Waals surface area (Å²) in [4.78, 5) is 25.0. The van der Waals surface area contributed by atoms with E-state index in [2.05, 4.69) is 29.8 Å². The molecule has 1 aromatic heterocycles. The molecule has 1 heterocycles. The van der Waals surface area contributed by atoms with Crippen LogP contribution in [0, 0.1) is 20.8 Å². The number of hydrazine groups is 1. The number of carbonyl (C=O) groups is 2. The zero-order valence-corrected chi connectivity index (χ0v) is 20.3. The lowest BCUT2D eigenvalue weighted by molar-refractivity contribution is -0.123. The first-order valence-electron chi connectivity index (χ1n) is 10.8. The molecule has 0 spiro atoms. The van der Waals surface area contributed by atoms with Gasteiger partial charge in [-0.25, -0.2) is 0 Å². The summed E-state index contributed by atoms with van der Waals surface area (Å²) >= 11 is 6.25. The topological polar surface area (TPSA) is 85.2 Å². The molecular weight excluding hydrogens is 440 g/mol. The van der Waals surface area contributed by atoms with Gasteiger partial charge in [0.15, 0.2) is 6.61 Å². The third kappa shape index (κ3) is 5.93. The average molecular weight is 469 g/mol. The SMILES string of the molecule is Cc1ccc(C(C)C)c(OCC(=O)NNC(=O)c2c(C)nn(Cc3ccccc3Cl)c2C)c1. The molecule has 0 unspecified atom stereocenters. The summed E-state index contributed by atoms with van der Waals surface area (Å²) in [7, 11) is 0. The van der Waals surface area contributed by atoms with Gasteiger partial charge in [0.05, 0.1) is 17.8 Å². The number of nitrogens with one attached hydrogen (secondary N) is 2. The highest BCUT2D eigenvalue weighted by atomic mass is 35.5. The second kappa shape index (κ2) is 10.5. The lowest BCUT2D eigenvalue weighted by Crippen LogP contribution is -2.44. The van der Waals surface area contributed by atoms with Crippen LogP contribution in [0.2, 0.25) is 5.02 Å². The summed E-state index contributed by atoms with van der Waals surface area (Å²) in [6, 6.07) is 13.4. The Balaban J connectivity index is 1.61. The minimum Gasteiger partial charge on any atom is -0.483 e. The van der Waals surface area contributed by atoms with Crippen molar-refractivity contribution in [3.63, 3.8) is 0 Å². The van der Waals surface area contributed by atoms with Crippen LogP contribution in [0.1, 0.15) is 58.2 Å². The molecule has 3 rings (SSSR count). The number of amides is 2. The van der Waals surface area contributed by atoms with E-state index < -0.39 is 11.8 Å². The van der Waals surface area contributed by atoms with Crippen molar-refractivity contribution in [1.82, 2.24) is 20.6 Å². The Labute approximate surface area is 199 Å². The van der Waals surface area contributed by atoms with Gasteiger partial charge in [-0.2, -0.15) is 5.10 Å². The van der Waals surface area contributed by atoms with E-state index in [0.717, 1.165) is 16.7 Å². The molecule has 0 saturated carbocycles. The van der Waals surface area contributed by atoms with E-state index in [1.807, 2.05) is 56.3 Å². The number of hydrogen-bond donors (Lipinski definition) is 2. The van der Waals surface area contributed by atoms with Crippen LogP contribution >= 0.6 is 11.6 Å². The number of halogens is 1. The highest BCUT2D eigenvalue weighted by Gasteiger charge is 2.20. The number of benzene rings is 2. The molecule has 0 atom stereocenters. The van der Waals surface area contributed by atoms with E-state index in [4.69, 9.17) is 16.3 Å². The minimum atomic E-state index is -0.460. The van der Waals surface area contributed by atoms with Crippen LogP contribution in [-0.4, -0.2) is 28.2 Å². The third-order valence-electron chi connectivity index (χ3n) is 5.35. The molecule has 2 aromatic carbocycles. The summed E-state index contributed by atoms with van der Waals surface area (Å²) in [6.07, 6.45) is 0. The largest absolute Gasteiger partial charge is 0.483 e. The molecule has 33 heavy (non-hydrogen) atoms. The molecular formula is C25H29ClN4O3. The molecule has 0 radical (unpaired) electrons. The number of rotatable bonds is 7. The first-order valence-corrected chi connectivity index (χ1v) is 11.1. The van der Waals surface area contributed by atoms with E-state index in [1.165, 1.54) is 0 Å². The van der Waals surface area contributed by atoms with E-state index in [-0.39, 0.29) is 12.5 Å². The zero-order chi connectivity index (χ0) is 24.1. The lowest BCUT2D eigenvalue weighted by atomic mass is 10.0. The molecule has 0 saturated heterocycles. The first kappa shape index (κ1) is 24.3. The number of nitrogens with zero attached hydrogens (tertiary/aromatic N) is 2. The molecule has 3 aromatic rings. The predicted octanol–water partition coefficient (Wildman–Crippen LogP) is 4.47. The van der Waals surface area contributed by atoms with Gasteiger partial charge in [0.1, 0.15) is 5.75 Å². The van der Waals surface area contributed by atoms with Crippen LogP contribution in [-0.2, 0) is 11.3 Å². The standard InChI is InChI=1S/C25H29ClN4O3/c1-15(2)20-11-10-16(3)12-22(20)33-14-23(31)27-28-25(32)24-17(4)29-30(18(24)5)13-19-8-6-7-9-21(19)26/h6-12,15H,13-14H2,1-5H3,(H,27,31)(H,28,32). The Morgan fingerprint density at radius 2 is 1.82 bits per heavy atom. The van der Waals surface area contributed by atoms with Gasteiger partial charge in [-0.1, -0.05) is 55.8 Å². The second-order valence-electron chi connectivity index (χ2n) is 8.28. The van der Waals surface area contributed by atoms with Gasteiger partial charge in [0.25, 0.3) is 11.8 Å². The highest BCUT2D eigenvalue weighted by molar-refractivity contribution is 6.31.